The average Bonchev–Trinajstić information content (AvgIpc) is 2.92. The van der Waals surface area contributed by atoms with E-state index in [2.05, 4.69) is 20.8 Å². The monoisotopic (exact) mass is 362 g/mol. The van der Waals surface area contributed by atoms with Gasteiger partial charge in [-0.1, -0.05) is 33.6 Å². The summed E-state index contributed by atoms with van der Waals surface area (Å²) < 4.78 is 0. The maximum Gasteiger partial charge on any atom is 0.303 e. The van der Waals surface area contributed by atoms with Gasteiger partial charge < -0.3 is 10.2 Å². The molecule has 0 amide bonds. The SMILES string of the molecule is C[C@H](CC(=O)O)[C@H]1CC[C@H]2[C@@H]3[C@H](O)C[C@@H]4CCCC[C@]4(C)[C@H]3CC[C@]12C. The number of aliphatic hydroxyl groups excluding tert-OH is 1. The summed E-state index contributed by atoms with van der Waals surface area (Å²) in [5.74, 6) is 2.55. The van der Waals surface area contributed by atoms with Gasteiger partial charge in [0.05, 0.1) is 6.10 Å². The molecule has 0 aromatic heterocycles. The Balaban J connectivity index is 1.60. The molecule has 0 unspecified atom stereocenters. The molecule has 4 aliphatic carbocycles. The van der Waals surface area contributed by atoms with Crippen molar-refractivity contribution >= 4 is 5.97 Å². The van der Waals surface area contributed by atoms with Gasteiger partial charge in [0.1, 0.15) is 0 Å². The van der Waals surface area contributed by atoms with Crippen molar-refractivity contribution in [1.29, 1.82) is 0 Å². The summed E-state index contributed by atoms with van der Waals surface area (Å²) in [5, 5.41) is 20.5. The van der Waals surface area contributed by atoms with Crippen LogP contribution in [0.1, 0.15) is 85.0 Å². The van der Waals surface area contributed by atoms with Crippen molar-refractivity contribution in [3.05, 3.63) is 0 Å². The first kappa shape index (κ1) is 18.8. The van der Waals surface area contributed by atoms with Crippen LogP contribution in [0, 0.1) is 46.3 Å². The number of carboxylic acid groups (broad SMARTS) is 1. The fourth-order valence-corrected chi connectivity index (χ4v) is 8.65. The van der Waals surface area contributed by atoms with Gasteiger partial charge in [0.25, 0.3) is 0 Å². The molecule has 0 aliphatic heterocycles. The smallest absolute Gasteiger partial charge is 0.303 e. The summed E-state index contributed by atoms with van der Waals surface area (Å²) in [7, 11) is 0. The molecule has 0 spiro atoms. The molecule has 0 saturated heterocycles. The number of aliphatic hydroxyl groups is 1. The molecule has 3 heteroatoms. The molecule has 26 heavy (non-hydrogen) atoms. The van der Waals surface area contributed by atoms with Crippen LogP contribution in [0.4, 0.5) is 0 Å². The molecule has 9 atom stereocenters. The molecule has 4 rings (SSSR count). The van der Waals surface area contributed by atoms with E-state index in [0.717, 1.165) is 18.8 Å². The van der Waals surface area contributed by atoms with Crippen molar-refractivity contribution < 1.29 is 15.0 Å². The molecule has 0 heterocycles. The molecule has 2 N–H and O–H groups in total. The van der Waals surface area contributed by atoms with E-state index in [1.165, 1.54) is 44.9 Å². The van der Waals surface area contributed by atoms with Crippen LogP contribution in [-0.4, -0.2) is 22.3 Å². The minimum atomic E-state index is -0.659. The lowest BCUT2D eigenvalue weighted by Crippen LogP contribution is -2.57. The van der Waals surface area contributed by atoms with Gasteiger partial charge >= 0.3 is 5.97 Å². The summed E-state index contributed by atoms with van der Waals surface area (Å²) in [6.45, 7) is 7.13. The third-order valence-electron chi connectivity index (χ3n) is 9.86. The summed E-state index contributed by atoms with van der Waals surface area (Å²) in [5.41, 5.74) is 0.670. The van der Waals surface area contributed by atoms with E-state index < -0.39 is 5.97 Å². The van der Waals surface area contributed by atoms with Gasteiger partial charge in [-0.2, -0.15) is 0 Å². The van der Waals surface area contributed by atoms with E-state index in [9.17, 15) is 15.0 Å². The Labute approximate surface area is 158 Å². The molecule has 0 radical (unpaired) electrons. The highest BCUT2D eigenvalue weighted by molar-refractivity contribution is 5.67. The molecule has 3 nitrogen and oxygen atoms in total. The van der Waals surface area contributed by atoms with Crippen molar-refractivity contribution in [1.82, 2.24) is 0 Å². The number of aliphatic carboxylic acids is 1. The van der Waals surface area contributed by atoms with E-state index in [1.807, 2.05) is 0 Å². The third-order valence-corrected chi connectivity index (χ3v) is 9.86. The number of fused-ring (bicyclic) bond motifs is 5. The zero-order valence-corrected chi connectivity index (χ0v) is 16.9. The lowest BCUT2D eigenvalue weighted by molar-refractivity contribution is -0.165. The predicted molar refractivity (Wildman–Crippen MR) is 103 cm³/mol. The highest BCUT2D eigenvalue weighted by Gasteiger charge is 2.62. The van der Waals surface area contributed by atoms with Gasteiger partial charge in [0, 0.05) is 6.42 Å². The topological polar surface area (TPSA) is 57.5 Å². The minimum Gasteiger partial charge on any atom is -0.481 e. The Hall–Kier alpha value is -0.570. The van der Waals surface area contributed by atoms with Crippen LogP contribution in [0.25, 0.3) is 0 Å². The number of rotatable bonds is 3. The van der Waals surface area contributed by atoms with Crippen molar-refractivity contribution in [2.24, 2.45) is 46.3 Å². The molecule has 4 saturated carbocycles. The summed E-state index contributed by atoms with van der Waals surface area (Å²) in [6.07, 6.45) is 11.4. The van der Waals surface area contributed by atoms with Gasteiger partial charge in [-0.25, -0.2) is 0 Å². The summed E-state index contributed by atoms with van der Waals surface area (Å²) in [6, 6.07) is 0. The maximum atomic E-state index is 11.3. The van der Waals surface area contributed by atoms with Gasteiger partial charge in [0.2, 0.25) is 0 Å². The van der Waals surface area contributed by atoms with E-state index >= 15 is 0 Å². The Morgan fingerprint density at radius 3 is 2.50 bits per heavy atom. The number of carboxylic acids is 1. The second-order valence-electron chi connectivity index (χ2n) is 10.8. The zero-order valence-electron chi connectivity index (χ0n) is 16.9. The lowest BCUT2D eigenvalue weighted by Gasteiger charge is -2.62. The molecule has 0 bridgehead atoms. The van der Waals surface area contributed by atoms with Crippen LogP contribution in [0.2, 0.25) is 0 Å². The van der Waals surface area contributed by atoms with Crippen molar-refractivity contribution in [2.75, 3.05) is 0 Å². The first-order valence-corrected chi connectivity index (χ1v) is 11.2. The molecular weight excluding hydrogens is 324 g/mol. The van der Waals surface area contributed by atoms with Crippen LogP contribution < -0.4 is 0 Å². The zero-order chi connectivity index (χ0) is 18.7. The van der Waals surface area contributed by atoms with Crippen LogP contribution in [0.15, 0.2) is 0 Å². The molecule has 4 fully saturated rings. The van der Waals surface area contributed by atoms with Gasteiger partial charge in [-0.3, -0.25) is 4.79 Å². The van der Waals surface area contributed by atoms with Crippen LogP contribution >= 0.6 is 0 Å². The molecule has 0 aromatic carbocycles. The van der Waals surface area contributed by atoms with Crippen molar-refractivity contribution in [3.63, 3.8) is 0 Å². The summed E-state index contributed by atoms with van der Waals surface area (Å²) >= 11 is 0. The largest absolute Gasteiger partial charge is 0.481 e. The Morgan fingerprint density at radius 1 is 1.04 bits per heavy atom. The first-order valence-electron chi connectivity index (χ1n) is 11.2. The second kappa shape index (κ2) is 6.50. The quantitative estimate of drug-likeness (QED) is 0.733. The van der Waals surface area contributed by atoms with Crippen molar-refractivity contribution in [2.45, 2.75) is 91.1 Å². The van der Waals surface area contributed by atoms with Crippen LogP contribution in [-0.2, 0) is 4.79 Å². The van der Waals surface area contributed by atoms with Gasteiger partial charge in [-0.05, 0) is 91.3 Å². The third kappa shape index (κ3) is 2.67. The van der Waals surface area contributed by atoms with Crippen LogP contribution in [0.5, 0.6) is 0 Å². The minimum absolute atomic E-state index is 0.130. The van der Waals surface area contributed by atoms with Gasteiger partial charge in [-0.15, -0.1) is 0 Å². The number of carbonyl (C=O) groups is 1. The molecular formula is C23H38O3. The van der Waals surface area contributed by atoms with E-state index in [1.54, 1.807) is 0 Å². The van der Waals surface area contributed by atoms with E-state index in [0.29, 0.717) is 35.5 Å². The number of hydrogen-bond acceptors (Lipinski definition) is 2. The Bertz CT molecular complexity index is 560. The number of hydrogen-bond donors (Lipinski definition) is 2. The van der Waals surface area contributed by atoms with E-state index in [4.69, 9.17) is 0 Å². The van der Waals surface area contributed by atoms with Crippen LogP contribution in [0.3, 0.4) is 0 Å². The Kier molecular flexibility index (Phi) is 4.69. The Morgan fingerprint density at radius 2 is 1.77 bits per heavy atom. The van der Waals surface area contributed by atoms with Gasteiger partial charge in [0.15, 0.2) is 0 Å². The highest BCUT2D eigenvalue weighted by atomic mass is 16.4. The molecule has 148 valence electrons. The predicted octanol–water partition coefficient (Wildman–Crippen LogP) is 5.12. The standard InChI is InChI=1S/C23H38O3/c1-14(12-20(25)26)16-7-8-17-21-18(9-11-23(16,17)3)22(2)10-5-4-6-15(22)13-19(21)24/h14-19,21,24H,4-13H2,1-3H3,(H,25,26)/t14-,15+,16-,17+,18+,19-,21+,22+,23-/m1/s1. The highest BCUT2D eigenvalue weighted by Crippen LogP contribution is 2.68. The van der Waals surface area contributed by atoms with E-state index in [-0.39, 0.29) is 17.4 Å². The lowest BCUT2D eigenvalue weighted by atomic mass is 9.44. The molecule has 4 aliphatic rings. The normalized spacial score (nSPS) is 51.8. The fourth-order valence-electron chi connectivity index (χ4n) is 8.65. The maximum absolute atomic E-state index is 11.3. The average molecular weight is 363 g/mol. The first-order chi connectivity index (χ1) is 12.3. The molecule has 0 aromatic rings. The summed E-state index contributed by atoms with van der Waals surface area (Å²) in [4.78, 5) is 11.3. The second-order valence-corrected chi connectivity index (χ2v) is 10.8. The van der Waals surface area contributed by atoms with Crippen molar-refractivity contribution in [3.8, 4) is 0 Å². The fraction of sp³-hybridized carbons (Fsp3) is 0.957.